The van der Waals surface area contributed by atoms with Gasteiger partial charge in [0.15, 0.2) is 0 Å². The van der Waals surface area contributed by atoms with E-state index in [-0.39, 0.29) is 17.5 Å². The molecule has 0 aromatic carbocycles. The molecule has 0 saturated heterocycles. The lowest BCUT2D eigenvalue weighted by Gasteiger charge is -2.11. The number of aromatic nitrogens is 1. The highest BCUT2D eigenvalue weighted by atomic mass is 32.2. The Bertz CT molecular complexity index is 371. The maximum atomic E-state index is 12.6. The van der Waals surface area contributed by atoms with Crippen molar-refractivity contribution < 1.29 is 18.3 Å². The molecule has 0 aliphatic heterocycles. The average Bonchev–Trinajstić information content (AvgIpc) is 2.25. The molecule has 1 aromatic heterocycles. The van der Waals surface area contributed by atoms with E-state index in [9.17, 15) is 13.2 Å². The number of aliphatic hydroxyl groups is 1. The van der Waals surface area contributed by atoms with E-state index in [4.69, 9.17) is 5.11 Å². The molecule has 0 bridgehead atoms. The minimum atomic E-state index is -4.39. The summed E-state index contributed by atoms with van der Waals surface area (Å²) >= 11 is 1.09. The second-order valence-corrected chi connectivity index (χ2v) is 4.29. The van der Waals surface area contributed by atoms with Gasteiger partial charge in [-0.3, -0.25) is 0 Å². The first-order valence-electron chi connectivity index (χ1n) is 5.04. The van der Waals surface area contributed by atoms with Gasteiger partial charge in [-0.05, 0) is 19.1 Å². The molecule has 3 nitrogen and oxygen atoms in total. The van der Waals surface area contributed by atoms with Crippen molar-refractivity contribution in [1.29, 1.82) is 0 Å². The molecule has 0 spiro atoms. The first kappa shape index (κ1) is 14.1. The third kappa shape index (κ3) is 4.43. The quantitative estimate of drug-likeness (QED) is 0.804. The van der Waals surface area contributed by atoms with E-state index >= 15 is 0 Å². The Morgan fingerprint density at radius 2 is 2.12 bits per heavy atom. The number of hydrogen-bond donors (Lipinski definition) is 2. The van der Waals surface area contributed by atoms with Crippen molar-refractivity contribution in [3.05, 3.63) is 17.7 Å². The van der Waals surface area contributed by atoms with Crippen LogP contribution in [0.5, 0.6) is 0 Å². The van der Waals surface area contributed by atoms with Gasteiger partial charge in [-0.2, -0.15) is 13.2 Å². The fourth-order valence-corrected chi connectivity index (χ4v) is 1.84. The van der Waals surface area contributed by atoms with Crippen molar-refractivity contribution >= 4 is 17.6 Å². The van der Waals surface area contributed by atoms with Crippen LogP contribution in [-0.4, -0.2) is 29.0 Å². The number of nitrogens with zero attached hydrogens (tertiary/aromatic N) is 1. The normalized spacial score (nSPS) is 11.6. The smallest absolute Gasteiger partial charge is 0.396 e. The summed E-state index contributed by atoms with van der Waals surface area (Å²) in [6.07, 6.45) is -4.39. The van der Waals surface area contributed by atoms with E-state index < -0.39 is 11.7 Å². The van der Waals surface area contributed by atoms with E-state index in [0.717, 1.165) is 23.9 Å². The summed E-state index contributed by atoms with van der Waals surface area (Å²) in [4.78, 5) is 4.01. The molecule has 0 aliphatic carbocycles. The molecule has 96 valence electrons. The Kier molecular flexibility index (Phi) is 5.07. The molecule has 2 N–H and O–H groups in total. The molecule has 0 atom stereocenters. The zero-order valence-electron chi connectivity index (χ0n) is 9.21. The predicted octanol–water partition coefficient (Wildman–Crippen LogP) is 2.62. The SMILES string of the molecule is CCNc1cc(C(F)(F)F)cc(SCCO)n1. The highest BCUT2D eigenvalue weighted by Gasteiger charge is 2.31. The summed E-state index contributed by atoms with van der Waals surface area (Å²) < 4.78 is 37.8. The number of halogens is 3. The van der Waals surface area contributed by atoms with Crippen LogP contribution in [0.2, 0.25) is 0 Å². The number of hydrogen-bond acceptors (Lipinski definition) is 4. The Morgan fingerprint density at radius 3 is 2.65 bits per heavy atom. The predicted molar refractivity (Wildman–Crippen MR) is 61.2 cm³/mol. The molecule has 0 aliphatic rings. The lowest BCUT2D eigenvalue weighted by atomic mass is 10.2. The lowest BCUT2D eigenvalue weighted by Crippen LogP contribution is -2.08. The Hall–Kier alpha value is -0.950. The van der Waals surface area contributed by atoms with Gasteiger partial charge in [0.2, 0.25) is 0 Å². The van der Waals surface area contributed by atoms with Gasteiger partial charge in [-0.25, -0.2) is 4.98 Å². The van der Waals surface area contributed by atoms with Crippen molar-refractivity contribution in [2.45, 2.75) is 18.1 Å². The van der Waals surface area contributed by atoms with Gasteiger partial charge in [0.1, 0.15) is 5.82 Å². The van der Waals surface area contributed by atoms with Gasteiger partial charge in [-0.15, -0.1) is 11.8 Å². The molecule has 0 fully saturated rings. The van der Waals surface area contributed by atoms with Crippen LogP contribution in [0.1, 0.15) is 12.5 Å². The van der Waals surface area contributed by atoms with Crippen LogP contribution in [0.4, 0.5) is 19.0 Å². The van der Waals surface area contributed by atoms with Crippen LogP contribution in [0.25, 0.3) is 0 Å². The van der Waals surface area contributed by atoms with Gasteiger partial charge in [0, 0.05) is 12.3 Å². The summed E-state index contributed by atoms with van der Waals surface area (Å²) in [7, 11) is 0. The fraction of sp³-hybridized carbons (Fsp3) is 0.500. The molecule has 1 aromatic rings. The maximum Gasteiger partial charge on any atom is 0.416 e. The molecule has 0 saturated carbocycles. The van der Waals surface area contributed by atoms with Crippen LogP contribution in [0.15, 0.2) is 17.2 Å². The van der Waals surface area contributed by atoms with Crippen LogP contribution >= 0.6 is 11.8 Å². The van der Waals surface area contributed by atoms with E-state index in [0.29, 0.717) is 12.3 Å². The summed E-state index contributed by atoms with van der Waals surface area (Å²) in [6.45, 7) is 2.18. The number of thioether (sulfide) groups is 1. The second kappa shape index (κ2) is 6.11. The Labute approximate surface area is 101 Å². The minimum absolute atomic E-state index is 0.0981. The van der Waals surface area contributed by atoms with Crippen molar-refractivity contribution in [2.24, 2.45) is 0 Å². The van der Waals surface area contributed by atoms with Gasteiger partial charge >= 0.3 is 6.18 Å². The van der Waals surface area contributed by atoms with Gasteiger partial charge in [0.05, 0.1) is 17.2 Å². The number of aliphatic hydroxyl groups excluding tert-OH is 1. The number of nitrogens with one attached hydrogen (secondary N) is 1. The number of pyridine rings is 1. The minimum Gasteiger partial charge on any atom is -0.396 e. The molecule has 0 amide bonds. The van der Waals surface area contributed by atoms with Crippen molar-refractivity contribution in [3.63, 3.8) is 0 Å². The first-order valence-corrected chi connectivity index (χ1v) is 6.02. The van der Waals surface area contributed by atoms with E-state index in [1.807, 2.05) is 0 Å². The van der Waals surface area contributed by atoms with Crippen LogP contribution in [0, 0.1) is 0 Å². The highest BCUT2D eigenvalue weighted by molar-refractivity contribution is 7.99. The van der Waals surface area contributed by atoms with E-state index in [1.54, 1.807) is 6.92 Å². The van der Waals surface area contributed by atoms with Crippen LogP contribution in [-0.2, 0) is 6.18 Å². The molecule has 1 rings (SSSR count). The van der Waals surface area contributed by atoms with Gasteiger partial charge in [-0.1, -0.05) is 0 Å². The highest BCUT2D eigenvalue weighted by Crippen LogP contribution is 2.32. The van der Waals surface area contributed by atoms with Gasteiger partial charge < -0.3 is 10.4 Å². The molecular formula is C10H13F3N2OS. The number of anilines is 1. The van der Waals surface area contributed by atoms with Crippen LogP contribution < -0.4 is 5.32 Å². The third-order valence-corrected chi connectivity index (χ3v) is 2.72. The lowest BCUT2D eigenvalue weighted by molar-refractivity contribution is -0.137. The average molecular weight is 266 g/mol. The maximum absolute atomic E-state index is 12.6. The standard InChI is InChI=1S/C10H13F3N2OS/c1-2-14-8-5-7(10(11,12)13)6-9(15-8)17-4-3-16/h5-6,16H,2-4H2,1H3,(H,14,15). The molecule has 17 heavy (non-hydrogen) atoms. The molecule has 7 heteroatoms. The summed E-state index contributed by atoms with van der Waals surface area (Å²) in [5, 5.41) is 11.6. The third-order valence-electron chi connectivity index (χ3n) is 1.83. The fourth-order valence-electron chi connectivity index (χ4n) is 1.16. The monoisotopic (exact) mass is 266 g/mol. The topological polar surface area (TPSA) is 45.1 Å². The Morgan fingerprint density at radius 1 is 1.41 bits per heavy atom. The molecule has 0 unspecified atom stereocenters. The number of rotatable bonds is 5. The van der Waals surface area contributed by atoms with E-state index in [1.165, 1.54) is 0 Å². The molecule has 1 heterocycles. The van der Waals surface area contributed by atoms with Crippen molar-refractivity contribution in [2.75, 3.05) is 24.2 Å². The summed E-state index contributed by atoms with van der Waals surface area (Å²) in [6, 6.07) is 1.97. The summed E-state index contributed by atoms with van der Waals surface area (Å²) in [5.74, 6) is 0.516. The summed E-state index contributed by atoms with van der Waals surface area (Å²) in [5.41, 5.74) is -0.733. The molecule has 0 radical (unpaired) electrons. The first-order chi connectivity index (χ1) is 7.97. The van der Waals surface area contributed by atoms with Gasteiger partial charge in [0.25, 0.3) is 0 Å². The Balaban J connectivity index is 3.01. The van der Waals surface area contributed by atoms with Crippen molar-refractivity contribution in [3.8, 4) is 0 Å². The van der Waals surface area contributed by atoms with Crippen molar-refractivity contribution in [1.82, 2.24) is 4.98 Å². The van der Waals surface area contributed by atoms with E-state index in [2.05, 4.69) is 10.3 Å². The van der Waals surface area contributed by atoms with Crippen LogP contribution in [0.3, 0.4) is 0 Å². The largest absolute Gasteiger partial charge is 0.416 e. The number of alkyl halides is 3. The molecular weight excluding hydrogens is 253 g/mol. The zero-order valence-corrected chi connectivity index (χ0v) is 10.0. The zero-order chi connectivity index (χ0) is 12.9. The second-order valence-electron chi connectivity index (χ2n) is 3.18.